The zero-order valence-electron chi connectivity index (χ0n) is 17.1. The van der Waals surface area contributed by atoms with Crippen molar-refractivity contribution in [3.63, 3.8) is 0 Å². The van der Waals surface area contributed by atoms with Crippen LogP contribution in [0.4, 0.5) is 11.4 Å². The Labute approximate surface area is 194 Å². The topological polar surface area (TPSA) is 13.0 Å². The van der Waals surface area contributed by atoms with Gasteiger partial charge in [-0.25, -0.2) is 0 Å². The molecular formula is C24H24N4PtSi. The maximum Gasteiger partial charge on any atom is 4.00 e. The Morgan fingerprint density at radius 1 is 0.767 bits per heavy atom. The Kier molecular flexibility index (Phi) is 4.87. The van der Waals surface area contributed by atoms with Crippen molar-refractivity contribution in [3.05, 3.63) is 86.7 Å². The molecule has 0 spiro atoms. The second kappa shape index (κ2) is 7.31. The molecule has 3 heterocycles. The van der Waals surface area contributed by atoms with Crippen molar-refractivity contribution in [1.82, 2.24) is 9.80 Å². The molecule has 6 heteroatoms. The van der Waals surface area contributed by atoms with E-state index >= 15 is 0 Å². The SMILES string of the molecule is C[Si]1(C)c2[c-]c(ccc2)N2C=CN([CH-]2)C2CCC2N2C=CN([CH-]2)c2[c-]c1ccc2.[Pt+4]. The summed E-state index contributed by atoms with van der Waals surface area (Å²) < 4.78 is 0. The van der Waals surface area contributed by atoms with E-state index < -0.39 is 8.07 Å². The van der Waals surface area contributed by atoms with Crippen LogP contribution < -0.4 is 20.2 Å². The monoisotopic (exact) mass is 591 g/mol. The van der Waals surface area contributed by atoms with E-state index in [1.165, 1.54) is 23.2 Å². The standard InChI is InChI=1S/C24H24N4Si.Pt/c1-29(2)21-7-3-5-19(15-21)25-11-13-27(17-25)23-9-10-24(23)28-14-12-26(18-28)20-6-4-8-22(29)16-20;/h3-8,11-14,17-18,23-24H,9-10H2,1-2H3;/q-4;+4. The van der Waals surface area contributed by atoms with Crippen LogP contribution in [0.15, 0.2) is 61.2 Å². The van der Waals surface area contributed by atoms with Gasteiger partial charge in [0.05, 0.1) is 8.07 Å². The van der Waals surface area contributed by atoms with E-state index in [-0.39, 0.29) is 21.1 Å². The van der Waals surface area contributed by atoms with Crippen LogP contribution in [0.3, 0.4) is 0 Å². The molecule has 4 aliphatic rings. The van der Waals surface area contributed by atoms with Crippen molar-refractivity contribution in [2.24, 2.45) is 0 Å². The molecule has 0 radical (unpaired) electrons. The van der Waals surface area contributed by atoms with Gasteiger partial charge in [-0.1, -0.05) is 13.1 Å². The molecular weight excluding hydrogens is 567 g/mol. The van der Waals surface area contributed by atoms with E-state index in [1.807, 2.05) is 0 Å². The minimum atomic E-state index is -1.92. The Bertz CT molecular complexity index is 940. The van der Waals surface area contributed by atoms with Crippen LogP contribution >= 0.6 is 0 Å². The maximum absolute atomic E-state index is 3.73. The van der Waals surface area contributed by atoms with Gasteiger partial charge in [0.2, 0.25) is 0 Å². The van der Waals surface area contributed by atoms with E-state index in [0.717, 1.165) is 11.4 Å². The molecule has 0 N–H and O–H groups in total. The van der Waals surface area contributed by atoms with Crippen molar-refractivity contribution in [2.75, 3.05) is 9.80 Å². The molecule has 3 aliphatic heterocycles. The molecule has 2 unspecified atom stereocenters. The molecule has 2 atom stereocenters. The third kappa shape index (κ3) is 3.06. The number of rotatable bonds is 0. The van der Waals surface area contributed by atoms with Crippen molar-refractivity contribution in [1.29, 1.82) is 0 Å². The molecule has 1 aliphatic carbocycles. The average molecular weight is 592 g/mol. The van der Waals surface area contributed by atoms with Gasteiger partial charge < -0.3 is 19.6 Å². The smallest absolute Gasteiger partial charge is 0.504 e. The number of hydrogen-bond acceptors (Lipinski definition) is 4. The largest absolute Gasteiger partial charge is 4.00 e. The van der Waals surface area contributed by atoms with Crippen molar-refractivity contribution >= 4 is 29.8 Å². The second-order valence-electron chi connectivity index (χ2n) is 8.77. The summed E-state index contributed by atoms with van der Waals surface area (Å²) in [5, 5.41) is 2.62. The molecule has 0 saturated heterocycles. The van der Waals surface area contributed by atoms with Crippen molar-refractivity contribution in [3.8, 4) is 0 Å². The zero-order valence-corrected chi connectivity index (χ0v) is 20.4. The average Bonchev–Trinajstić information content (AvgIpc) is 3.37. The first kappa shape index (κ1) is 20.0. The van der Waals surface area contributed by atoms with Crippen LogP contribution in [0.2, 0.25) is 13.1 Å². The fraction of sp³-hybridized carbons (Fsp3) is 0.250. The van der Waals surface area contributed by atoms with Gasteiger partial charge in [0.15, 0.2) is 0 Å². The van der Waals surface area contributed by atoms with Crippen LogP contribution in [0.25, 0.3) is 0 Å². The number of hydrogen-bond donors (Lipinski definition) is 0. The summed E-state index contributed by atoms with van der Waals surface area (Å²) in [6.07, 6.45) is 11.2. The van der Waals surface area contributed by atoms with Crippen LogP contribution in [0, 0.1) is 25.5 Å². The molecule has 2 aromatic carbocycles. The van der Waals surface area contributed by atoms with E-state index in [1.54, 1.807) is 0 Å². The Balaban J connectivity index is 0.00000193. The van der Waals surface area contributed by atoms with Gasteiger partial charge >= 0.3 is 21.1 Å². The molecule has 2 aromatic rings. The van der Waals surface area contributed by atoms with Crippen LogP contribution in [0.5, 0.6) is 0 Å². The quantitative estimate of drug-likeness (QED) is 0.345. The number of nitrogens with zero attached hydrogens (tertiary/aromatic N) is 4. The van der Waals surface area contributed by atoms with Crippen LogP contribution in [0.1, 0.15) is 12.8 Å². The molecule has 1 saturated carbocycles. The summed E-state index contributed by atoms with van der Waals surface area (Å²) in [6, 6.07) is 21.6. The van der Waals surface area contributed by atoms with Gasteiger partial charge in [0, 0.05) is 12.1 Å². The predicted molar refractivity (Wildman–Crippen MR) is 120 cm³/mol. The molecule has 0 amide bonds. The first-order valence-corrected chi connectivity index (χ1v) is 13.3. The molecule has 30 heavy (non-hydrogen) atoms. The fourth-order valence-electron chi connectivity index (χ4n) is 4.67. The summed E-state index contributed by atoms with van der Waals surface area (Å²) in [7, 11) is -1.92. The molecule has 1 fully saturated rings. The van der Waals surface area contributed by atoms with Crippen molar-refractivity contribution in [2.45, 2.75) is 38.0 Å². The Hall–Kier alpha value is -1.97. The second-order valence-corrected chi connectivity index (χ2v) is 13.1. The van der Waals surface area contributed by atoms with Gasteiger partial charge in [-0.2, -0.15) is 72.2 Å². The van der Waals surface area contributed by atoms with E-state index in [9.17, 15) is 0 Å². The maximum atomic E-state index is 3.73. The van der Waals surface area contributed by atoms with Gasteiger partial charge in [-0.3, -0.25) is 0 Å². The first-order chi connectivity index (χ1) is 14.1. The summed E-state index contributed by atoms with van der Waals surface area (Å²) in [5.41, 5.74) is 2.22. The van der Waals surface area contributed by atoms with Gasteiger partial charge in [0.1, 0.15) is 0 Å². The normalized spacial score (nSPS) is 25.3. The number of benzene rings is 2. The fourth-order valence-corrected chi connectivity index (χ4v) is 6.86. The van der Waals surface area contributed by atoms with E-state index in [2.05, 4.69) is 119 Å². The molecule has 0 aromatic heterocycles. The van der Waals surface area contributed by atoms with Crippen LogP contribution in [-0.4, -0.2) is 30.0 Å². The summed E-state index contributed by atoms with van der Waals surface area (Å²) in [4.78, 5) is 9.15. The summed E-state index contributed by atoms with van der Waals surface area (Å²) in [5.74, 6) is 0. The molecule has 154 valence electrons. The third-order valence-corrected chi connectivity index (χ3v) is 10.0. The Morgan fingerprint density at radius 2 is 1.23 bits per heavy atom. The summed E-state index contributed by atoms with van der Waals surface area (Å²) >= 11 is 0. The predicted octanol–water partition coefficient (Wildman–Crippen LogP) is 3.08. The van der Waals surface area contributed by atoms with Crippen LogP contribution in [-0.2, 0) is 21.1 Å². The van der Waals surface area contributed by atoms with Gasteiger partial charge in [-0.15, -0.1) is 11.4 Å². The van der Waals surface area contributed by atoms with Gasteiger partial charge in [-0.05, 0) is 37.6 Å². The zero-order chi connectivity index (χ0) is 19.6. The number of fused-ring (bicyclic) bond motifs is 13. The van der Waals surface area contributed by atoms with Gasteiger partial charge in [0.25, 0.3) is 0 Å². The molecule has 4 nitrogen and oxygen atoms in total. The molecule has 6 rings (SSSR count). The summed E-state index contributed by atoms with van der Waals surface area (Å²) in [6.45, 7) is 9.24. The van der Waals surface area contributed by atoms with Crippen molar-refractivity contribution < 1.29 is 21.1 Å². The van der Waals surface area contributed by atoms with E-state index in [4.69, 9.17) is 0 Å². The molecule has 8 bridgehead atoms. The minimum Gasteiger partial charge on any atom is -0.504 e. The third-order valence-electron chi connectivity index (χ3n) is 6.75. The first-order valence-electron chi connectivity index (χ1n) is 10.3. The van der Waals surface area contributed by atoms with E-state index in [0.29, 0.717) is 12.1 Å². The minimum absolute atomic E-state index is 0. The number of anilines is 2. The Morgan fingerprint density at radius 3 is 1.67 bits per heavy atom.